The SMILES string of the molecule is CCOC(=O)N1CCC(NC(N)=NCC2CCCCN2CC)CC1.I. The van der Waals surface area contributed by atoms with Crippen molar-refractivity contribution < 1.29 is 9.53 Å². The van der Waals surface area contributed by atoms with E-state index < -0.39 is 0 Å². The van der Waals surface area contributed by atoms with Crippen LogP contribution in [0.15, 0.2) is 4.99 Å². The van der Waals surface area contributed by atoms with Gasteiger partial charge in [-0.3, -0.25) is 9.89 Å². The predicted octanol–water partition coefficient (Wildman–Crippen LogP) is 2.00. The quantitative estimate of drug-likeness (QED) is 0.367. The summed E-state index contributed by atoms with van der Waals surface area (Å²) < 4.78 is 5.04. The van der Waals surface area contributed by atoms with Gasteiger partial charge in [-0.15, -0.1) is 24.0 Å². The van der Waals surface area contributed by atoms with Crippen molar-refractivity contribution in [3.05, 3.63) is 0 Å². The summed E-state index contributed by atoms with van der Waals surface area (Å²) in [6.07, 6.45) is 5.33. The Morgan fingerprint density at radius 3 is 2.56 bits per heavy atom. The van der Waals surface area contributed by atoms with Gasteiger partial charge in [-0.2, -0.15) is 0 Å². The number of nitrogens with one attached hydrogen (secondary N) is 1. The molecule has 0 aromatic rings. The van der Waals surface area contributed by atoms with Crippen LogP contribution >= 0.6 is 24.0 Å². The topological polar surface area (TPSA) is 83.2 Å². The molecule has 0 bridgehead atoms. The number of rotatable bonds is 5. The molecule has 146 valence electrons. The van der Waals surface area contributed by atoms with Crippen molar-refractivity contribution in [2.45, 2.75) is 58.0 Å². The molecule has 8 heteroatoms. The molecule has 2 fully saturated rings. The zero-order valence-corrected chi connectivity index (χ0v) is 17.9. The molecule has 1 unspecified atom stereocenters. The first-order valence-corrected chi connectivity index (χ1v) is 9.36. The van der Waals surface area contributed by atoms with Crippen molar-refractivity contribution in [3.63, 3.8) is 0 Å². The fraction of sp³-hybridized carbons (Fsp3) is 0.882. The Kier molecular flexibility index (Phi) is 10.5. The van der Waals surface area contributed by atoms with Gasteiger partial charge in [0.05, 0.1) is 13.2 Å². The van der Waals surface area contributed by atoms with Gasteiger partial charge in [0.25, 0.3) is 0 Å². The van der Waals surface area contributed by atoms with Crippen molar-refractivity contribution >= 4 is 36.0 Å². The second-order valence-electron chi connectivity index (χ2n) is 6.61. The molecular formula is C17H34IN5O2. The van der Waals surface area contributed by atoms with E-state index in [-0.39, 0.29) is 36.1 Å². The van der Waals surface area contributed by atoms with Crippen LogP contribution in [0.2, 0.25) is 0 Å². The van der Waals surface area contributed by atoms with Gasteiger partial charge in [0, 0.05) is 25.2 Å². The molecule has 7 nitrogen and oxygen atoms in total. The van der Waals surface area contributed by atoms with Crippen LogP contribution in [0, 0.1) is 0 Å². The van der Waals surface area contributed by atoms with E-state index in [1.54, 1.807) is 4.90 Å². The van der Waals surface area contributed by atoms with Crippen LogP contribution < -0.4 is 11.1 Å². The molecule has 0 aliphatic carbocycles. The molecule has 2 heterocycles. The Balaban J connectivity index is 0.00000312. The number of hydrogen-bond donors (Lipinski definition) is 2. The number of halogens is 1. The molecular weight excluding hydrogens is 433 g/mol. The minimum atomic E-state index is -0.213. The molecule has 0 spiro atoms. The van der Waals surface area contributed by atoms with E-state index in [0.717, 1.165) is 25.9 Å². The summed E-state index contributed by atoms with van der Waals surface area (Å²) in [5.74, 6) is 0.534. The maximum absolute atomic E-state index is 11.7. The van der Waals surface area contributed by atoms with Crippen LogP contribution in [0.1, 0.15) is 46.0 Å². The van der Waals surface area contributed by atoms with Crippen LogP contribution in [-0.4, -0.2) is 73.3 Å². The summed E-state index contributed by atoms with van der Waals surface area (Å²) in [5.41, 5.74) is 6.07. The number of nitrogens with two attached hydrogens (primary N) is 1. The zero-order valence-electron chi connectivity index (χ0n) is 15.6. The smallest absolute Gasteiger partial charge is 0.409 e. The average molecular weight is 467 g/mol. The third-order valence-corrected chi connectivity index (χ3v) is 5.00. The predicted molar refractivity (Wildman–Crippen MR) is 112 cm³/mol. The van der Waals surface area contributed by atoms with Gasteiger partial charge in [-0.25, -0.2) is 4.79 Å². The average Bonchev–Trinajstić information content (AvgIpc) is 2.61. The lowest BCUT2D eigenvalue weighted by Crippen LogP contribution is -2.49. The Morgan fingerprint density at radius 1 is 1.20 bits per heavy atom. The second-order valence-corrected chi connectivity index (χ2v) is 6.61. The van der Waals surface area contributed by atoms with E-state index in [2.05, 4.69) is 22.1 Å². The Bertz CT molecular complexity index is 427. The van der Waals surface area contributed by atoms with E-state index in [0.29, 0.717) is 31.7 Å². The van der Waals surface area contributed by atoms with Crippen molar-refractivity contribution in [1.82, 2.24) is 15.1 Å². The summed E-state index contributed by atoms with van der Waals surface area (Å²) in [5, 5.41) is 3.31. The lowest BCUT2D eigenvalue weighted by Gasteiger charge is -2.34. The highest BCUT2D eigenvalue weighted by atomic mass is 127. The number of carbonyl (C=O) groups is 1. The monoisotopic (exact) mass is 467 g/mol. The van der Waals surface area contributed by atoms with Crippen LogP contribution in [0.5, 0.6) is 0 Å². The van der Waals surface area contributed by atoms with Gasteiger partial charge in [-0.05, 0) is 45.7 Å². The third-order valence-electron chi connectivity index (χ3n) is 5.00. The van der Waals surface area contributed by atoms with E-state index in [9.17, 15) is 4.79 Å². The lowest BCUT2D eigenvalue weighted by molar-refractivity contribution is 0.0963. The summed E-state index contributed by atoms with van der Waals surface area (Å²) in [7, 11) is 0. The highest BCUT2D eigenvalue weighted by molar-refractivity contribution is 14.0. The number of likely N-dealkylation sites (N-methyl/N-ethyl adjacent to an activating group) is 1. The number of hydrogen-bond acceptors (Lipinski definition) is 4. The van der Waals surface area contributed by atoms with Crippen LogP contribution in [0.25, 0.3) is 0 Å². The minimum Gasteiger partial charge on any atom is -0.450 e. The number of ether oxygens (including phenoxy) is 1. The third kappa shape index (κ3) is 7.16. The Morgan fingerprint density at radius 2 is 1.92 bits per heavy atom. The molecule has 2 aliphatic heterocycles. The Labute approximate surface area is 168 Å². The van der Waals surface area contributed by atoms with Crippen molar-refractivity contribution in [2.75, 3.05) is 39.3 Å². The number of aliphatic imine (C=N–C) groups is 1. The first-order valence-electron chi connectivity index (χ1n) is 9.36. The first-order chi connectivity index (χ1) is 11.6. The first kappa shape index (κ1) is 22.3. The maximum Gasteiger partial charge on any atom is 0.409 e. The minimum absolute atomic E-state index is 0. The van der Waals surface area contributed by atoms with Crippen LogP contribution in [-0.2, 0) is 4.74 Å². The van der Waals surface area contributed by atoms with Gasteiger partial charge in [-0.1, -0.05) is 13.3 Å². The van der Waals surface area contributed by atoms with Gasteiger partial charge < -0.3 is 20.7 Å². The van der Waals surface area contributed by atoms with Crippen LogP contribution in [0.3, 0.4) is 0 Å². The molecule has 2 rings (SSSR count). The molecule has 2 saturated heterocycles. The number of likely N-dealkylation sites (tertiary alicyclic amines) is 2. The highest BCUT2D eigenvalue weighted by Gasteiger charge is 2.24. The van der Waals surface area contributed by atoms with Crippen molar-refractivity contribution in [1.29, 1.82) is 0 Å². The largest absolute Gasteiger partial charge is 0.450 e. The van der Waals surface area contributed by atoms with E-state index >= 15 is 0 Å². The molecule has 1 atom stereocenters. The summed E-state index contributed by atoms with van der Waals surface area (Å²) in [4.78, 5) is 20.5. The van der Waals surface area contributed by atoms with Gasteiger partial charge in [0.1, 0.15) is 0 Å². The molecule has 0 radical (unpaired) electrons. The number of piperidine rings is 2. The second kappa shape index (κ2) is 11.8. The molecule has 1 amide bonds. The lowest BCUT2D eigenvalue weighted by atomic mass is 10.0. The highest BCUT2D eigenvalue weighted by Crippen LogP contribution is 2.16. The van der Waals surface area contributed by atoms with Crippen molar-refractivity contribution in [3.8, 4) is 0 Å². The molecule has 0 aromatic heterocycles. The number of guanidine groups is 1. The van der Waals surface area contributed by atoms with E-state index in [1.807, 2.05) is 6.92 Å². The standard InChI is InChI=1S/C17H33N5O2.HI/c1-3-21-10-6-5-7-15(21)13-19-16(18)20-14-8-11-22(12-9-14)17(23)24-4-2;/h14-15H,3-13H2,1-2H3,(H3,18,19,20);1H. The van der Waals surface area contributed by atoms with E-state index in [4.69, 9.17) is 10.5 Å². The summed E-state index contributed by atoms with van der Waals surface area (Å²) >= 11 is 0. The summed E-state index contributed by atoms with van der Waals surface area (Å²) in [6.45, 7) is 8.90. The van der Waals surface area contributed by atoms with Gasteiger partial charge in [0.15, 0.2) is 5.96 Å². The molecule has 0 aromatic carbocycles. The molecule has 2 aliphatic rings. The van der Waals surface area contributed by atoms with Gasteiger partial charge >= 0.3 is 6.09 Å². The molecule has 3 N–H and O–H groups in total. The number of carbonyl (C=O) groups excluding carboxylic acids is 1. The summed E-state index contributed by atoms with van der Waals surface area (Å²) in [6, 6.07) is 0.808. The molecule has 25 heavy (non-hydrogen) atoms. The zero-order chi connectivity index (χ0) is 17.4. The molecule has 0 saturated carbocycles. The maximum atomic E-state index is 11.7. The normalized spacial score (nSPS) is 23.0. The fourth-order valence-electron chi connectivity index (χ4n) is 3.56. The van der Waals surface area contributed by atoms with Gasteiger partial charge in [0.2, 0.25) is 0 Å². The van der Waals surface area contributed by atoms with Crippen LogP contribution in [0.4, 0.5) is 4.79 Å². The Hall–Kier alpha value is -0.770. The number of amides is 1. The van der Waals surface area contributed by atoms with E-state index in [1.165, 1.54) is 25.8 Å². The number of nitrogens with zero attached hydrogens (tertiary/aromatic N) is 3. The fourth-order valence-corrected chi connectivity index (χ4v) is 3.56. The van der Waals surface area contributed by atoms with Crippen molar-refractivity contribution in [2.24, 2.45) is 10.7 Å².